The molecule has 0 rings (SSSR count). The summed E-state index contributed by atoms with van der Waals surface area (Å²) < 4.78 is 0.128. The average Bonchev–Trinajstić information content (AvgIpc) is 1.36. The number of hydrogen-bond donors (Lipinski definition) is 0. The average molecular weight is 255 g/mol. The molecular formula is CCl4Ru. The third-order valence-electron chi connectivity index (χ3n) is 0.101. The molecule has 0 saturated heterocycles. The van der Waals surface area contributed by atoms with E-state index in [2.05, 4.69) is 0 Å². The zero-order valence-corrected chi connectivity index (χ0v) is 7.13. The minimum atomic E-state index is -1.89. The van der Waals surface area contributed by atoms with Gasteiger partial charge in [0.25, 0.3) is 0 Å². The van der Waals surface area contributed by atoms with Gasteiger partial charge in [0.05, 0.1) is 0 Å². The van der Waals surface area contributed by atoms with Crippen LogP contribution in [0.25, 0.3) is 0 Å². The zero-order valence-electron chi connectivity index (χ0n) is 2.37. The van der Waals surface area contributed by atoms with Gasteiger partial charge in [0, 0.05) is 0 Å². The molecule has 0 aromatic heterocycles. The van der Waals surface area contributed by atoms with E-state index in [-0.39, 0.29) is 3.02 Å². The first-order chi connectivity index (χ1) is 2.64. The molecule has 0 amide bonds. The minimum absolute atomic E-state index is 0.128. The van der Waals surface area contributed by atoms with Gasteiger partial charge < -0.3 is 0 Å². The molecule has 0 spiro atoms. The molecule has 0 N–H and O–H groups in total. The van der Waals surface area contributed by atoms with Gasteiger partial charge >= 0.3 is 59.1 Å². The van der Waals surface area contributed by atoms with E-state index in [1.54, 1.807) is 0 Å². The van der Waals surface area contributed by atoms with Crippen LogP contribution in [0.5, 0.6) is 0 Å². The summed E-state index contributed by atoms with van der Waals surface area (Å²) in [5, 5.41) is 0. The summed E-state index contributed by atoms with van der Waals surface area (Å²) in [6.07, 6.45) is 0. The molecule has 5 heteroatoms. The topological polar surface area (TPSA) is 0 Å². The first kappa shape index (κ1) is 7.65. The molecule has 0 aliphatic heterocycles. The molecule has 0 aliphatic carbocycles. The number of halogens is 4. The quantitative estimate of drug-likeness (QED) is 0.583. The predicted octanol–water partition coefficient (Wildman–Crippen LogP) is 2.48. The van der Waals surface area contributed by atoms with Crippen molar-refractivity contribution < 1.29 is 13.5 Å². The van der Waals surface area contributed by atoms with Gasteiger partial charge in [-0.1, -0.05) is 0 Å². The van der Waals surface area contributed by atoms with Crippen LogP contribution in [0.2, 0.25) is 0 Å². The van der Waals surface area contributed by atoms with E-state index in [4.69, 9.17) is 42.6 Å². The molecule has 0 heterocycles. The molecule has 0 atom stereocenters. The molecule has 0 saturated carbocycles. The number of hydrogen-bond acceptors (Lipinski definition) is 0. The Balaban J connectivity index is 3.68. The summed E-state index contributed by atoms with van der Waals surface area (Å²) in [6, 6.07) is 0. The molecule has 0 bridgehead atoms. The molecule has 40 valence electrons. The molecule has 0 nitrogen and oxygen atoms in total. The maximum absolute atomic E-state index is 5.22. The van der Waals surface area contributed by atoms with Crippen molar-refractivity contribution in [2.75, 3.05) is 0 Å². The van der Waals surface area contributed by atoms with E-state index in [0.29, 0.717) is 0 Å². The molecule has 0 fully saturated rings. The third kappa shape index (κ3) is 3.83. The molecule has 0 radical (unpaired) electrons. The van der Waals surface area contributed by atoms with Gasteiger partial charge in [-0.25, -0.2) is 0 Å². The fourth-order valence-corrected chi connectivity index (χ4v) is 0. The van der Waals surface area contributed by atoms with Crippen molar-refractivity contribution in [2.24, 2.45) is 0 Å². The fraction of sp³-hybridized carbons (Fsp3) is 0. The fourth-order valence-electron chi connectivity index (χ4n) is 0. The number of rotatable bonds is 0. The van der Waals surface area contributed by atoms with Crippen molar-refractivity contribution in [3.63, 3.8) is 0 Å². The van der Waals surface area contributed by atoms with E-state index < -0.39 is 13.5 Å². The Morgan fingerprint density at radius 2 is 1.33 bits per heavy atom. The SMILES string of the molecule is Cl[C](Cl)=[Ru]([Cl])[Cl]. The molecule has 6 heavy (non-hydrogen) atoms. The van der Waals surface area contributed by atoms with Gasteiger partial charge in [-0.15, -0.1) is 0 Å². The van der Waals surface area contributed by atoms with Crippen LogP contribution in [0.4, 0.5) is 0 Å². The van der Waals surface area contributed by atoms with Crippen molar-refractivity contribution in [1.29, 1.82) is 0 Å². The van der Waals surface area contributed by atoms with E-state index in [1.807, 2.05) is 0 Å². The van der Waals surface area contributed by atoms with Crippen molar-refractivity contribution in [2.45, 2.75) is 0 Å². The Kier molecular flexibility index (Phi) is 4.63. The molecule has 0 aliphatic rings. The summed E-state index contributed by atoms with van der Waals surface area (Å²) in [5.41, 5.74) is 0. The summed E-state index contributed by atoms with van der Waals surface area (Å²) in [6.45, 7) is 0. The van der Waals surface area contributed by atoms with Gasteiger partial charge in [-0.3, -0.25) is 0 Å². The normalized spacial score (nSPS) is 11.0. The zero-order chi connectivity index (χ0) is 5.15. The summed E-state index contributed by atoms with van der Waals surface area (Å²) in [7, 11) is 10.4. The molecule has 0 aromatic carbocycles. The van der Waals surface area contributed by atoms with Gasteiger partial charge in [-0.2, -0.15) is 0 Å². The standard InChI is InChI=1S/CCl2.2ClH.Ru/c2-1-3;;;/h;2*1H;/q;;;+2/p-2. The van der Waals surface area contributed by atoms with Crippen LogP contribution in [0.1, 0.15) is 0 Å². The van der Waals surface area contributed by atoms with Crippen LogP contribution in [-0.4, -0.2) is 3.02 Å². The first-order valence-electron chi connectivity index (χ1n) is 0.822. The summed E-state index contributed by atoms with van der Waals surface area (Å²) in [4.78, 5) is 0. The van der Waals surface area contributed by atoms with Crippen molar-refractivity contribution >= 4 is 45.6 Å². The predicted molar refractivity (Wildman–Crippen MR) is 28.4 cm³/mol. The van der Waals surface area contributed by atoms with Crippen LogP contribution >= 0.6 is 42.6 Å². The van der Waals surface area contributed by atoms with Gasteiger partial charge in [0.2, 0.25) is 0 Å². The van der Waals surface area contributed by atoms with E-state index >= 15 is 0 Å². The Labute approximate surface area is 58.8 Å². The second-order valence-corrected chi connectivity index (χ2v) is 8.08. The summed E-state index contributed by atoms with van der Waals surface area (Å²) in [5.74, 6) is 0. The summed E-state index contributed by atoms with van der Waals surface area (Å²) >= 11 is 8.30. The molecular weight excluding hydrogens is 255 g/mol. The van der Waals surface area contributed by atoms with Crippen LogP contribution in [0, 0.1) is 0 Å². The van der Waals surface area contributed by atoms with Gasteiger partial charge in [0.15, 0.2) is 0 Å². The second kappa shape index (κ2) is 3.63. The van der Waals surface area contributed by atoms with E-state index in [9.17, 15) is 0 Å². The van der Waals surface area contributed by atoms with Crippen LogP contribution < -0.4 is 0 Å². The van der Waals surface area contributed by atoms with Crippen LogP contribution in [0.15, 0.2) is 0 Å². The first-order valence-corrected chi connectivity index (χ1v) is 6.92. The Morgan fingerprint density at radius 3 is 1.33 bits per heavy atom. The van der Waals surface area contributed by atoms with E-state index in [0.717, 1.165) is 0 Å². The Hall–Kier alpha value is 1.65. The Bertz CT molecular complexity index is 57.6. The monoisotopic (exact) mass is 254 g/mol. The van der Waals surface area contributed by atoms with Gasteiger partial charge in [-0.05, 0) is 0 Å². The maximum atomic E-state index is 5.22. The van der Waals surface area contributed by atoms with Crippen LogP contribution in [-0.2, 0) is 13.5 Å². The third-order valence-corrected chi connectivity index (χ3v) is 5.38. The van der Waals surface area contributed by atoms with Crippen molar-refractivity contribution in [3.05, 3.63) is 0 Å². The molecule has 0 aromatic rings. The van der Waals surface area contributed by atoms with Crippen molar-refractivity contribution in [1.82, 2.24) is 0 Å². The molecule has 0 unspecified atom stereocenters. The van der Waals surface area contributed by atoms with Crippen LogP contribution in [0.3, 0.4) is 0 Å². The van der Waals surface area contributed by atoms with E-state index in [1.165, 1.54) is 0 Å². The second-order valence-electron chi connectivity index (χ2n) is 0.389. The van der Waals surface area contributed by atoms with Crippen molar-refractivity contribution in [3.8, 4) is 0 Å². The van der Waals surface area contributed by atoms with Gasteiger partial charge in [0.1, 0.15) is 0 Å². The Morgan fingerprint density at radius 1 is 1.17 bits per heavy atom.